The average Bonchev–Trinajstić information content (AvgIpc) is 1.85. The van der Waals surface area contributed by atoms with Crippen molar-refractivity contribution in [2.75, 3.05) is 6.54 Å². The van der Waals surface area contributed by atoms with Gasteiger partial charge in [0.15, 0.2) is 0 Å². The molecule has 0 heterocycles. The quantitative estimate of drug-likeness (QED) is 0.419. The minimum atomic E-state index is 0.306. The highest BCUT2D eigenvalue weighted by molar-refractivity contribution is 6.20. The molecule has 0 bridgehead atoms. The van der Waals surface area contributed by atoms with Crippen molar-refractivity contribution in [2.45, 2.75) is 31.6 Å². The molecule has 0 rings (SSSR count). The van der Waals surface area contributed by atoms with Crippen LogP contribution < -0.4 is 0 Å². The maximum absolute atomic E-state index is 5.87. The molecule has 0 saturated heterocycles. The predicted octanol–water partition coefficient (Wildman–Crippen LogP) is 2.48. The summed E-state index contributed by atoms with van der Waals surface area (Å²) < 4.78 is 0. The van der Waals surface area contributed by atoms with Crippen LogP contribution in [0.2, 0.25) is 0 Å². The molecule has 2 heteroatoms. The molecule has 0 aliphatic heterocycles. The number of hydrogen-bond donors (Lipinski definition) is 0. The SMILES string of the molecule is C=NCCC(Cl)CCC. The highest BCUT2D eigenvalue weighted by Gasteiger charge is 1.99. The molecule has 1 nitrogen and oxygen atoms in total. The van der Waals surface area contributed by atoms with Crippen molar-refractivity contribution in [1.29, 1.82) is 0 Å². The van der Waals surface area contributed by atoms with Crippen molar-refractivity contribution >= 4 is 18.3 Å². The Labute approximate surface area is 62.1 Å². The van der Waals surface area contributed by atoms with Crippen LogP contribution in [-0.2, 0) is 0 Å². The maximum atomic E-state index is 5.87. The molecule has 1 unspecified atom stereocenters. The lowest BCUT2D eigenvalue weighted by Gasteiger charge is -2.03. The standard InChI is InChI=1S/C7H14ClN/c1-3-4-7(8)5-6-9-2/h7H,2-6H2,1H3. The van der Waals surface area contributed by atoms with Crippen LogP contribution in [0.5, 0.6) is 0 Å². The fourth-order valence-corrected chi connectivity index (χ4v) is 1.00. The minimum absolute atomic E-state index is 0.306. The topological polar surface area (TPSA) is 12.4 Å². The summed E-state index contributed by atoms with van der Waals surface area (Å²) in [5.74, 6) is 0. The number of rotatable bonds is 5. The summed E-state index contributed by atoms with van der Waals surface area (Å²) in [4.78, 5) is 3.72. The third kappa shape index (κ3) is 5.84. The van der Waals surface area contributed by atoms with E-state index in [1.54, 1.807) is 0 Å². The van der Waals surface area contributed by atoms with Crippen LogP contribution in [0.4, 0.5) is 0 Å². The van der Waals surface area contributed by atoms with Crippen molar-refractivity contribution in [3.05, 3.63) is 0 Å². The monoisotopic (exact) mass is 147 g/mol. The molecule has 0 N–H and O–H groups in total. The van der Waals surface area contributed by atoms with Gasteiger partial charge in [-0.15, -0.1) is 11.6 Å². The van der Waals surface area contributed by atoms with E-state index < -0.39 is 0 Å². The van der Waals surface area contributed by atoms with Crippen LogP contribution in [0.3, 0.4) is 0 Å². The van der Waals surface area contributed by atoms with E-state index in [1.807, 2.05) is 0 Å². The van der Waals surface area contributed by atoms with Gasteiger partial charge in [-0.2, -0.15) is 0 Å². The van der Waals surface area contributed by atoms with Gasteiger partial charge in [0.05, 0.1) is 0 Å². The molecule has 0 spiro atoms. The van der Waals surface area contributed by atoms with Crippen LogP contribution in [0.1, 0.15) is 26.2 Å². The second-order valence-electron chi connectivity index (χ2n) is 2.12. The van der Waals surface area contributed by atoms with E-state index in [4.69, 9.17) is 11.6 Å². The first kappa shape index (κ1) is 8.96. The Kier molecular flexibility index (Phi) is 6.06. The third-order valence-electron chi connectivity index (χ3n) is 1.20. The van der Waals surface area contributed by atoms with E-state index in [-0.39, 0.29) is 0 Å². The second kappa shape index (κ2) is 6.09. The molecule has 0 radical (unpaired) electrons. The molecule has 9 heavy (non-hydrogen) atoms. The number of alkyl halides is 1. The number of halogens is 1. The maximum Gasteiger partial charge on any atom is 0.0396 e. The molecule has 54 valence electrons. The predicted molar refractivity (Wildman–Crippen MR) is 43.6 cm³/mol. The van der Waals surface area contributed by atoms with Gasteiger partial charge in [-0.25, -0.2) is 0 Å². The Morgan fingerprint density at radius 1 is 1.56 bits per heavy atom. The van der Waals surface area contributed by atoms with E-state index in [9.17, 15) is 0 Å². The summed E-state index contributed by atoms with van der Waals surface area (Å²) >= 11 is 5.87. The Bertz CT molecular complexity index is 73.3. The molecule has 0 aliphatic rings. The van der Waals surface area contributed by atoms with E-state index in [0.717, 1.165) is 25.8 Å². The zero-order valence-electron chi connectivity index (χ0n) is 5.94. The largest absolute Gasteiger partial charge is 0.301 e. The summed E-state index contributed by atoms with van der Waals surface area (Å²) in [7, 11) is 0. The summed E-state index contributed by atoms with van der Waals surface area (Å²) in [5.41, 5.74) is 0. The van der Waals surface area contributed by atoms with Gasteiger partial charge in [0.25, 0.3) is 0 Å². The molecular formula is C7H14ClN. The summed E-state index contributed by atoms with van der Waals surface area (Å²) in [6, 6.07) is 0. The highest BCUT2D eigenvalue weighted by Crippen LogP contribution is 2.08. The van der Waals surface area contributed by atoms with Crippen molar-refractivity contribution in [1.82, 2.24) is 0 Å². The van der Waals surface area contributed by atoms with E-state index in [1.165, 1.54) is 0 Å². The van der Waals surface area contributed by atoms with E-state index in [2.05, 4.69) is 18.6 Å². The van der Waals surface area contributed by atoms with Crippen LogP contribution in [0.15, 0.2) is 4.99 Å². The summed E-state index contributed by atoms with van der Waals surface area (Å²) in [6.45, 7) is 6.32. The molecule has 1 atom stereocenters. The fraction of sp³-hybridized carbons (Fsp3) is 0.857. The zero-order chi connectivity index (χ0) is 7.11. The normalized spacial score (nSPS) is 13.1. The molecule has 0 aromatic rings. The first-order valence-electron chi connectivity index (χ1n) is 3.37. The van der Waals surface area contributed by atoms with Gasteiger partial charge in [0, 0.05) is 11.9 Å². The first-order valence-corrected chi connectivity index (χ1v) is 3.81. The Morgan fingerprint density at radius 2 is 2.22 bits per heavy atom. The molecule has 0 saturated carbocycles. The van der Waals surface area contributed by atoms with Crippen molar-refractivity contribution in [3.8, 4) is 0 Å². The number of nitrogens with zero attached hydrogens (tertiary/aromatic N) is 1. The van der Waals surface area contributed by atoms with Gasteiger partial charge in [0.2, 0.25) is 0 Å². The summed E-state index contributed by atoms with van der Waals surface area (Å²) in [5, 5.41) is 0.306. The fourth-order valence-electron chi connectivity index (χ4n) is 0.689. The number of aliphatic imine (C=N–C) groups is 1. The smallest absolute Gasteiger partial charge is 0.0396 e. The molecular weight excluding hydrogens is 134 g/mol. The van der Waals surface area contributed by atoms with Gasteiger partial charge in [-0.1, -0.05) is 13.3 Å². The first-order chi connectivity index (χ1) is 4.31. The third-order valence-corrected chi connectivity index (χ3v) is 1.64. The van der Waals surface area contributed by atoms with Crippen LogP contribution in [0, 0.1) is 0 Å². The Morgan fingerprint density at radius 3 is 2.67 bits per heavy atom. The van der Waals surface area contributed by atoms with Crippen molar-refractivity contribution in [3.63, 3.8) is 0 Å². The number of hydrogen-bond acceptors (Lipinski definition) is 1. The average molecular weight is 148 g/mol. The van der Waals surface area contributed by atoms with E-state index in [0.29, 0.717) is 5.38 Å². The zero-order valence-corrected chi connectivity index (χ0v) is 6.69. The molecule has 0 aromatic carbocycles. The molecule has 0 aliphatic carbocycles. The van der Waals surface area contributed by atoms with Gasteiger partial charge in [-0.05, 0) is 19.6 Å². The Hall–Kier alpha value is -0.0400. The second-order valence-corrected chi connectivity index (χ2v) is 2.74. The Balaban J connectivity index is 3.04. The van der Waals surface area contributed by atoms with Gasteiger partial charge in [0.1, 0.15) is 0 Å². The lowest BCUT2D eigenvalue weighted by molar-refractivity contribution is 0.685. The van der Waals surface area contributed by atoms with Gasteiger partial charge in [-0.3, -0.25) is 0 Å². The summed E-state index contributed by atoms with van der Waals surface area (Å²) in [6.07, 6.45) is 3.22. The van der Waals surface area contributed by atoms with Crippen molar-refractivity contribution < 1.29 is 0 Å². The van der Waals surface area contributed by atoms with Gasteiger partial charge >= 0.3 is 0 Å². The van der Waals surface area contributed by atoms with E-state index >= 15 is 0 Å². The molecule has 0 aromatic heterocycles. The lowest BCUT2D eigenvalue weighted by atomic mass is 10.2. The minimum Gasteiger partial charge on any atom is -0.301 e. The lowest BCUT2D eigenvalue weighted by Crippen LogP contribution is -1.98. The van der Waals surface area contributed by atoms with Crippen LogP contribution >= 0.6 is 11.6 Å². The highest BCUT2D eigenvalue weighted by atomic mass is 35.5. The van der Waals surface area contributed by atoms with Crippen LogP contribution in [0.25, 0.3) is 0 Å². The molecule has 0 amide bonds. The molecule has 0 fully saturated rings. The van der Waals surface area contributed by atoms with Crippen molar-refractivity contribution in [2.24, 2.45) is 4.99 Å². The van der Waals surface area contributed by atoms with Crippen LogP contribution in [-0.4, -0.2) is 18.6 Å². The van der Waals surface area contributed by atoms with Gasteiger partial charge < -0.3 is 4.99 Å².